The number of hydrogen-bond acceptors (Lipinski definition) is 6. The fourth-order valence-electron chi connectivity index (χ4n) is 3.44. The first-order valence-corrected chi connectivity index (χ1v) is 9.32. The normalized spacial score (nSPS) is 18.9. The maximum Gasteiger partial charge on any atom is 0.203 e. The molecule has 2 aliphatic rings. The van der Waals surface area contributed by atoms with Crippen LogP contribution in [0.2, 0.25) is 0 Å². The maximum atomic E-state index is 10.9. The summed E-state index contributed by atoms with van der Waals surface area (Å²) in [6, 6.07) is 1.84. The largest absolute Gasteiger partial charge is 0.493 e. The van der Waals surface area contributed by atoms with Crippen LogP contribution in [0.1, 0.15) is 20.8 Å². The van der Waals surface area contributed by atoms with Crippen molar-refractivity contribution in [1.82, 2.24) is 5.32 Å². The molecule has 1 aliphatic heterocycles. The van der Waals surface area contributed by atoms with Gasteiger partial charge in [0.05, 0.1) is 21.3 Å². The Kier molecular flexibility index (Phi) is 5.72. The smallest absolute Gasteiger partial charge is 0.203 e. The predicted molar refractivity (Wildman–Crippen MR) is 109 cm³/mol. The van der Waals surface area contributed by atoms with Gasteiger partial charge in [-0.25, -0.2) is 0 Å². The second-order valence-electron chi connectivity index (χ2n) is 7.82. The highest BCUT2D eigenvalue weighted by atomic mass is 16.5. The van der Waals surface area contributed by atoms with Gasteiger partial charge in [0.25, 0.3) is 0 Å². The summed E-state index contributed by atoms with van der Waals surface area (Å²) in [6.07, 6.45) is 6.71. The van der Waals surface area contributed by atoms with Crippen molar-refractivity contribution in [1.29, 1.82) is 0 Å². The van der Waals surface area contributed by atoms with Gasteiger partial charge in [-0.1, -0.05) is 18.2 Å². The molecule has 152 valence electrons. The molecule has 0 fully saturated rings. The molecule has 0 aromatic heterocycles. The number of β-amino-alcohol motifs (C(OH)–C–C–N with tert-alkyl or cyclic N) is 1. The zero-order valence-electron chi connectivity index (χ0n) is 17.3. The Morgan fingerprint density at radius 3 is 2.43 bits per heavy atom. The van der Waals surface area contributed by atoms with E-state index < -0.39 is 6.10 Å². The van der Waals surface area contributed by atoms with E-state index in [1.807, 2.05) is 30.4 Å². The van der Waals surface area contributed by atoms with E-state index in [1.54, 1.807) is 21.3 Å². The van der Waals surface area contributed by atoms with Crippen LogP contribution < -0.4 is 30.0 Å². The highest BCUT2D eigenvalue weighted by molar-refractivity contribution is 5.74. The third-order valence-corrected chi connectivity index (χ3v) is 4.75. The van der Waals surface area contributed by atoms with Crippen molar-refractivity contribution in [3.63, 3.8) is 0 Å². The molecule has 2 unspecified atom stereocenters. The number of hydrogen-bond donors (Lipinski definition) is 2. The van der Waals surface area contributed by atoms with E-state index in [-0.39, 0.29) is 11.6 Å². The van der Waals surface area contributed by atoms with Crippen LogP contribution in [0.25, 0.3) is 11.3 Å². The number of methoxy groups -OCH3 is 3. The SMILES string of the molecule is COc1cc2c(c(OC)c1OC)=C1C=CC=CC1OC=2C(O)CNC(C)(C)C. The minimum atomic E-state index is -0.832. The molecule has 6 nitrogen and oxygen atoms in total. The topological polar surface area (TPSA) is 69.2 Å². The fourth-order valence-corrected chi connectivity index (χ4v) is 3.44. The lowest BCUT2D eigenvalue weighted by Gasteiger charge is -2.30. The van der Waals surface area contributed by atoms with Crippen LogP contribution >= 0.6 is 0 Å². The van der Waals surface area contributed by atoms with E-state index >= 15 is 0 Å². The Balaban J connectivity index is 2.30. The molecule has 0 radical (unpaired) electrons. The third-order valence-electron chi connectivity index (χ3n) is 4.75. The van der Waals surface area contributed by atoms with Gasteiger partial charge < -0.3 is 29.4 Å². The summed E-state index contributed by atoms with van der Waals surface area (Å²) in [5, 5.41) is 15.9. The van der Waals surface area contributed by atoms with Crippen molar-refractivity contribution in [3.05, 3.63) is 40.8 Å². The summed E-state index contributed by atoms with van der Waals surface area (Å²) in [4.78, 5) is 0. The highest BCUT2D eigenvalue weighted by Gasteiger charge is 2.30. The second kappa shape index (κ2) is 7.89. The van der Waals surface area contributed by atoms with Crippen LogP contribution in [0.5, 0.6) is 17.2 Å². The number of nitrogens with one attached hydrogen (secondary N) is 1. The van der Waals surface area contributed by atoms with Crippen molar-refractivity contribution in [2.75, 3.05) is 27.9 Å². The van der Waals surface area contributed by atoms with Gasteiger partial charge in [0.1, 0.15) is 18.0 Å². The first kappa shape index (κ1) is 20.3. The van der Waals surface area contributed by atoms with Crippen LogP contribution in [0.3, 0.4) is 0 Å². The number of rotatable bonds is 6. The van der Waals surface area contributed by atoms with E-state index in [0.29, 0.717) is 29.6 Å². The molecule has 0 spiro atoms. The summed E-state index contributed by atoms with van der Waals surface area (Å²) >= 11 is 0. The molecule has 3 rings (SSSR count). The monoisotopic (exact) mass is 387 g/mol. The average Bonchev–Trinajstić information content (AvgIpc) is 2.68. The first-order chi connectivity index (χ1) is 13.3. The van der Waals surface area contributed by atoms with Crippen molar-refractivity contribution >= 4 is 11.3 Å². The molecule has 0 saturated carbocycles. The molecule has 28 heavy (non-hydrogen) atoms. The molecule has 1 aromatic rings. The number of allylic oxidation sites excluding steroid dienone is 2. The number of benzene rings is 1. The van der Waals surface area contributed by atoms with Gasteiger partial charge in [0.15, 0.2) is 11.5 Å². The predicted octanol–water partition coefficient (Wildman–Crippen LogP) is 1.25. The van der Waals surface area contributed by atoms with Crippen LogP contribution in [-0.2, 0) is 4.74 Å². The average molecular weight is 387 g/mol. The van der Waals surface area contributed by atoms with Gasteiger partial charge in [0, 0.05) is 28.1 Å². The number of aliphatic hydroxyl groups is 1. The molecular weight excluding hydrogens is 358 g/mol. The summed E-state index contributed by atoms with van der Waals surface area (Å²) < 4.78 is 23.0. The van der Waals surface area contributed by atoms with Gasteiger partial charge in [-0.2, -0.15) is 0 Å². The van der Waals surface area contributed by atoms with Crippen molar-refractivity contribution in [2.45, 2.75) is 38.5 Å². The van der Waals surface area contributed by atoms with Crippen LogP contribution in [0, 0.1) is 0 Å². The van der Waals surface area contributed by atoms with E-state index in [1.165, 1.54) is 0 Å². The number of fused-ring (bicyclic) bond motifs is 2. The molecule has 1 aromatic carbocycles. The van der Waals surface area contributed by atoms with Gasteiger partial charge >= 0.3 is 0 Å². The van der Waals surface area contributed by atoms with Gasteiger partial charge in [-0.05, 0) is 32.9 Å². The van der Waals surface area contributed by atoms with E-state index in [0.717, 1.165) is 16.0 Å². The highest BCUT2D eigenvalue weighted by Crippen LogP contribution is 2.35. The van der Waals surface area contributed by atoms with Crippen molar-refractivity contribution in [2.24, 2.45) is 0 Å². The summed E-state index contributed by atoms with van der Waals surface area (Å²) in [5.41, 5.74) is 0.828. The molecule has 0 amide bonds. The van der Waals surface area contributed by atoms with Crippen LogP contribution in [0.15, 0.2) is 30.4 Å². The van der Waals surface area contributed by atoms with Crippen LogP contribution in [0.4, 0.5) is 0 Å². The Bertz CT molecular complexity index is 924. The molecule has 2 atom stereocenters. The summed E-state index contributed by atoms with van der Waals surface area (Å²) in [5.74, 6) is 2.08. The lowest BCUT2D eigenvalue weighted by molar-refractivity contribution is 0.139. The van der Waals surface area contributed by atoms with Crippen molar-refractivity contribution in [3.8, 4) is 17.2 Å². The molecule has 1 heterocycles. The molecular formula is C22H29NO5. The van der Waals surface area contributed by atoms with Gasteiger partial charge in [-0.15, -0.1) is 0 Å². The Morgan fingerprint density at radius 2 is 1.82 bits per heavy atom. The number of ether oxygens (including phenoxy) is 4. The summed E-state index contributed by atoms with van der Waals surface area (Å²) in [7, 11) is 4.75. The lowest BCUT2D eigenvalue weighted by atomic mass is 9.95. The second-order valence-corrected chi connectivity index (χ2v) is 7.82. The lowest BCUT2D eigenvalue weighted by Crippen LogP contribution is -2.46. The van der Waals surface area contributed by atoms with Gasteiger partial charge in [-0.3, -0.25) is 0 Å². The van der Waals surface area contributed by atoms with Gasteiger partial charge in [0.2, 0.25) is 5.75 Å². The zero-order chi connectivity index (χ0) is 20.5. The van der Waals surface area contributed by atoms with Crippen LogP contribution in [-0.4, -0.2) is 50.7 Å². The Morgan fingerprint density at radius 1 is 1.11 bits per heavy atom. The van der Waals surface area contributed by atoms with E-state index in [4.69, 9.17) is 18.9 Å². The quantitative estimate of drug-likeness (QED) is 0.766. The first-order valence-electron chi connectivity index (χ1n) is 9.32. The molecule has 2 N–H and O–H groups in total. The molecule has 0 saturated heterocycles. The van der Waals surface area contributed by atoms with E-state index in [9.17, 15) is 5.11 Å². The minimum Gasteiger partial charge on any atom is -0.493 e. The fraction of sp³-hybridized carbons (Fsp3) is 0.455. The van der Waals surface area contributed by atoms with E-state index in [2.05, 4.69) is 26.1 Å². The summed E-state index contributed by atoms with van der Waals surface area (Å²) in [6.45, 7) is 6.52. The zero-order valence-corrected chi connectivity index (χ0v) is 17.3. The number of aliphatic hydroxyl groups excluding tert-OH is 1. The molecule has 1 aliphatic carbocycles. The Labute approximate surface area is 165 Å². The van der Waals surface area contributed by atoms with Crippen molar-refractivity contribution < 1.29 is 24.1 Å². The third kappa shape index (κ3) is 3.75. The standard InChI is InChI=1S/C22H29NO5/c1-22(2,3)23-12-15(24)19-14-11-17(25-4)20(26-5)21(27-6)18(14)13-9-7-8-10-16(13)28-19/h7-11,15-16,23-24H,12H2,1-6H3. The Hall–Kier alpha value is -2.44. The molecule has 6 heteroatoms. The maximum absolute atomic E-state index is 10.9. The minimum absolute atomic E-state index is 0.126. The molecule has 0 bridgehead atoms.